The summed E-state index contributed by atoms with van der Waals surface area (Å²) < 4.78 is 0. The summed E-state index contributed by atoms with van der Waals surface area (Å²) in [5.41, 5.74) is 3.11. The molecule has 0 saturated heterocycles. The van der Waals surface area contributed by atoms with Crippen molar-refractivity contribution in [3.63, 3.8) is 0 Å². The molecule has 1 radical (unpaired) electrons. The number of aliphatic hydroxyl groups is 1. The second-order valence-corrected chi connectivity index (χ2v) is 0.760. The van der Waals surface area contributed by atoms with Gasteiger partial charge in [0.2, 0.25) is 0 Å². The van der Waals surface area contributed by atoms with Gasteiger partial charge in [-0.1, -0.05) is 5.43 Å². The highest BCUT2D eigenvalue weighted by Crippen LogP contribution is 1.75. The SMILES string of the molecule is OC1=NC=N[N]1. The summed E-state index contributed by atoms with van der Waals surface area (Å²) in [6, 6.07) is -0.269. The number of nitrogens with zero attached hydrogens (tertiary/aromatic N) is 3. The minimum atomic E-state index is -0.269. The van der Waals surface area contributed by atoms with Crippen LogP contribution in [0.5, 0.6) is 0 Å². The first-order valence-electron chi connectivity index (χ1n) is 1.39. The minimum absolute atomic E-state index is 0.269. The largest absolute Gasteiger partial charge is 0.478 e. The van der Waals surface area contributed by atoms with Crippen molar-refractivity contribution in [1.29, 1.82) is 0 Å². The minimum Gasteiger partial charge on any atom is -0.478 e. The van der Waals surface area contributed by atoms with E-state index in [9.17, 15) is 0 Å². The van der Waals surface area contributed by atoms with Crippen molar-refractivity contribution in [1.82, 2.24) is 5.43 Å². The fourth-order valence-electron chi connectivity index (χ4n) is 0.181. The summed E-state index contributed by atoms with van der Waals surface area (Å²) in [5.74, 6) is 0. The van der Waals surface area contributed by atoms with Gasteiger partial charge in [0.25, 0.3) is 0 Å². The number of amidine groups is 1. The maximum Gasteiger partial charge on any atom is 0.334 e. The van der Waals surface area contributed by atoms with E-state index in [2.05, 4.69) is 15.5 Å². The molecule has 0 aromatic carbocycles. The molecule has 1 rings (SSSR count). The molecule has 0 atom stereocenters. The number of aliphatic hydroxyl groups excluding tert-OH is 1. The van der Waals surface area contributed by atoms with Gasteiger partial charge >= 0.3 is 6.02 Å². The molecule has 0 unspecified atom stereocenters. The Morgan fingerprint density at radius 3 is 2.67 bits per heavy atom. The number of hydrogen-bond donors (Lipinski definition) is 1. The molecule has 4 nitrogen and oxygen atoms in total. The number of hydrogen-bond acceptors (Lipinski definition) is 2. The smallest absolute Gasteiger partial charge is 0.334 e. The van der Waals surface area contributed by atoms with Crippen molar-refractivity contribution in [2.45, 2.75) is 0 Å². The van der Waals surface area contributed by atoms with Crippen LogP contribution in [0, 0.1) is 0 Å². The molecule has 0 aliphatic carbocycles. The van der Waals surface area contributed by atoms with Gasteiger partial charge in [-0.3, -0.25) is 0 Å². The first-order chi connectivity index (χ1) is 2.89. The Labute approximate surface area is 34.2 Å². The van der Waals surface area contributed by atoms with E-state index in [0.29, 0.717) is 0 Å². The lowest BCUT2D eigenvalue weighted by Gasteiger charge is -1.74. The van der Waals surface area contributed by atoms with Crippen LogP contribution < -0.4 is 5.43 Å². The normalized spacial score (nSPS) is 17.0. The monoisotopic (exact) mass is 84.0 g/mol. The average molecular weight is 84.1 g/mol. The molecule has 0 aromatic heterocycles. The van der Waals surface area contributed by atoms with Gasteiger partial charge in [-0.2, -0.15) is 4.99 Å². The highest BCUT2D eigenvalue weighted by molar-refractivity contribution is 5.84. The van der Waals surface area contributed by atoms with Crippen LogP contribution in [-0.2, 0) is 0 Å². The molecular weight excluding hydrogens is 82.0 g/mol. The number of aliphatic imine (C=N–C) groups is 1. The van der Waals surface area contributed by atoms with Gasteiger partial charge < -0.3 is 5.11 Å². The maximum atomic E-state index is 8.19. The fraction of sp³-hybridized carbons (Fsp3) is 0. The summed E-state index contributed by atoms with van der Waals surface area (Å²) in [6.07, 6.45) is 1.18. The lowest BCUT2D eigenvalue weighted by atomic mass is 11.2. The average Bonchev–Trinajstić information content (AvgIpc) is 1.86. The van der Waals surface area contributed by atoms with E-state index in [-0.39, 0.29) is 6.02 Å². The van der Waals surface area contributed by atoms with E-state index >= 15 is 0 Å². The van der Waals surface area contributed by atoms with Gasteiger partial charge in [0.15, 0.2) is 0 Å². The van der Waals surface area contributed by atoms with Gasteiger partial charge in [-0.15, -0.1) is 5.10 Å². The van der Waals surface area contributed by atoms with E-state index in [1.165, 1.54) is 6.34 Å². The standard InChI is InChI=1S/C2H2N3O/c6-2-3-1-4-5-2/h1H,(H,3,4,6). The van der Waals surface area contributed by atoms with Crippen molar-refractivity contribution >= 4 is 12.4 Å². The molecule has 1 aliphatic rings. The zero-order chi connectivity index (χ0) is 4.41. The molecule has 0 amide bonds. The summed E-state index contributed by atoms with van der Waals surface area (Å²) in [4.78, 5) is 3.25. The van der Waals surface area contributed by atoms with Crippen LogP contribution in [0.15, 0.2) is 10.1 Å². The number of rotatable bonds is 0. The van der Waals surface area contributed by atoms with Crippen LogP contribution in [0.3, 0.4) is 0 Å². The molecule has 6 heavy (non-hydrogen) atoms. The molecule has 1 N–H and O–H groups in total. The zero-order valence-corrected chi connectivity index (χ0v) is 2.87. The molecule has 0 fully saturated rings. The van der Waals surface area contributed by atoms with Crippen LogP contribution in [0.2, 0.25) is 0 Å². The molecule has 1 aliphatic heterocycles. The second kappa shape index (κ2) is 0.965. The first kappa shape index (κ1) is 3.14. The van der Waals surface area contributed by atoms with Crippen LogP contribution >= 0.6 is 0 Å². The topological polar surface area (TPSA) is 59.1 Å². The summed E-state index contributed by atoms with van der Waals surface area (Å²) in [6.45, 7) is 0. The van der Waals surface area contributed by atoms with Gasteiger partial charge in [0.05, 0.1) is 0 Å². The maximum absolute atomic E-state index is 8.19. The molecule has 0 spiro atoms. The van der Waals surface area contributed by atoms with Crippen LogP contribution in [0.1, 0.15) is 0 Å². The third-order valence-electron chi connectivity index (χ3n) is 0.372. The van der Waals surface area contributed by atoms with Crippen molar-refractivity contribution < 1.29 is 5.11 Å². The van der Waals surface area contributed by atoms with E-state index in [1.807, 2.05) is 0 Å². The van der Waals surface area contributed by atoms with Gasteiger partial charge in [-0.05, 0) is 0 Å². The van der Waals surface area contributed by atoms with Crippen molar-refractivity contribution in [3.8, 4) is 0 Å². The predicted octanol–water partition coefficient (Wildman–Crippen LogP) is -0.538. The third kappa shape index (κ3) is 0.314. The second-order valence-electron chi connectivity index (χ2n) is 0.760. The first-order valence-corrected chi connectivity index (χ1v) is 1.39. The highest BCUT2D eigenvalue weighted by Gasteiger charge is 1.94. The third-order valence-corrected chi connectivity index (χ3v) is 0.372. The Bertz CT molecular complexity index is 105. The van der Waals surface area contributed by atoms with Gasteiger partial charge in [0.1, 0.15) is 6.34 Å². The van der Waals surface area contributed by atoms with Crippen LogP contribution in [0.4, 0.5) is 0 Å². The molecule has 0 saturated carbocycles. The Balaban J connectivity index is 2.61. The lowest BCUT2D eigenvalue weighted by Crippen LogP contribution is -2.01. The Morgan fingerprint density at radius 2 is 2.50 bits per heavy atom. The molecular formula is C2H2N3O. The fourth-order valence-corrected chi connectivity index (χ4v) is 0.181. The predicted molar refractivity (Wildman–Crippen MR) is 20.7 cm³/mol. The Kier molecular flexibility index (Phi) is 0.506. The summed E-state index contributed by atoms with van der Waals surface area (Å²) in [5, 5.41) is 11.4. The lowest BCUT2D eigenvalue weighted by molar-refractivity contribution is 0.522. The van der Waals surface area contributed by atoms with Crippen molar-refractivity contribution in [2.75, 3.05) is 0 Å². The van der Waals surface area contributed by atoms with E-state index in [0.717, 1.165) is 0 Å². The van der Waals surface area contributed by atoms with Crippen molar-refractivity contribution in [3.05, 3.63) is 0 Å². The van der Waals surface area contributed by atoms with Gasteiger partial charge in [-0.25, -0.2) is 0 Å². The molecule has 31 valence electrons. The van der Waals surface area contributed by atoms with E-state index in [4.69, 9.17) is 5.11 Å². The molecule has 1 heterocycles. The Morgan fingerprint density at radius 1 is 1.67 bits per heavy atom. The van der Waals surface area contributed by atoms with Crippen LogP contribution in [-0.4, -0.2) is 17.5 Å². The van der Waals surface area contributed by atoms with Crippen LogP contribution in [0.25, 0.3) is 0 Å². The molecule has 0 bridgehead atoms. The Hall–Kier alpha value is -1.06. The van der Waals surface area contributed by atoms with Crippen molar-refractivity contribution in [2.24, 2.45) is 10.1 Å². The summed E-state index contributed by atoms with van der Waals surface area (Å²) in [7, 11) is 0. The zero-order valence-electron chi connectivity index (χ0n) is 2.87. The molecule has 4 heteroatoms. The summed E-state index contributed by atoms with van der Waals surface area (Å²) >= 11 is 0. The highest BCUT2D eigenvalue weighted by atomic mass is 16.3. The van der Waals surface area contributed by atoms with E-state index in [1.54, 1.807) is 0 Å². The quantitative estimate of drug-likeness (QED) is 0.421. The van der Waals surface area contributed by atoms with Gasteiger partial charge in [0, 0.05) is 0 Å². The van der Waals surface area contributed by atoms with E-state index < -0.39 is 0 Å². The molecule has 0 aromatic rings.